The number of hydrogen-bond acceptors (Lipinski definition) is 0. The second-order valence-corrected chi connectivity index (χ2v) is 16.3. The molecular weight excluding hydrogens is 745 g/mol. The molecule has 288 valence electrons. The third kappa shape index (κ3) is 5.84. The lowest BCUT2D eigenvalue weighted by Gasteiger charge is -2.20. The van der Waals surface area contributed by atoms with Crippen molar-refractivity contribution in [1.82, 2.24) is 0 Å². The summed E-state index contributed by atoms with van der Waals surface area (Å²) in [5, 5.41) is 12.7. The van der Waals surface area contributed by atoms with Crippen molar-refractivity contribution in [2.75, 3.05) is 0 Å². The van der Waals surface area contributed by atoms with Crippen LogP contribution in [0, 0.1) is 0 Å². The van der Waals surface area contributed by atoms with E-state index in [9.17, 15) is 0 Å². The van der Waals surface area contributed by atoms with Gasteiger partial charge >= 0.3 is 0 Å². The highest BCUT2D eigenvalue weighted by Gasteiger charge is 2.21. The van der Waals surface area contributed by atoms with Gasteiger partial charge in [0.1, 0.15) is 0 Å². The highest BCUT2D eigenvalue weighted by atomic mass is 14.2. The Balaban J connectivity index is 1.18. The van der Waals surface area contributed by atoms with E-state index in [1.54, 1.807) is 0 Å². The van der Waals surface area contributed by atoms with Crippen molar-refractivity contribution in [2.24, 2.45) is 0 Å². The van der Waals surface area contributed by atoms with Gasteiger partial charge in [-0.15, -0.1) is 0 Å². The summed E-state index contributed by atoms with van der Waals surface area (Å²) in [7, 11) is 0. The minimum Gasteiger partial charge on any atom is -0.0622 e. The highest BCUT2D eigenvalue weighted by Crippen LogP contribution is 2.48. The van der Waals surface area contributed by atoms with Gasteiger partial charge in [-0.1, -0.05) is 231 Å². The molecule has 0 aliphatic heterocycles. The van der Waals surface area contributed by atoms with E-state index in [-0.39, 0.29) is 0 Å². The molecule has 62 heavy (non-hydrogen) atoms. The largest absolute Gasteiger partial charge is 0.0622 e. The van der Waals surface area contributed by atoms with Gasteiger partial charge in [-0.3, -0.25) is 0 Å². The lowest BCUT2D eigenvalue weighted by molar-refractivity contribution is 1.57. The molecule has 0 saturated carbocycles. The molecule has 12 aromatic carbocycles. The van der Waals surface area contributed by atoms with E-state index >= 15 is 0 Å². The summed E-state index contributed by atoms with van der Waals surface area (Å²) in [6, 6.07) is 89.3. The summed E-state index contributed by atoms with van der Waals surface area (Å²) in [4.78, 5) is 0. The second-order valence-electron chi connectivity index (χ2n) is 16.3. The van der Waals surface area contributed by atoms with E-state index in [1.165, 1.54) is 121 Å². The number of benzene rings is 12. The monoisotopic (exact) mass is 784 g/mol. The molecule has 0 aromatic heterocycles. The summed E-state index contributed by atoms with van der Waals surface area (Å²) in [5.41, 5.74) is 14.6. The van der Waals surface area contributed by atoms with Gasteiger partial charge in [0.2, 0.25) is 0 Å². The van der Waals surface area contributed by atoms with Gasteiger partial charge < -0.3 is 0 Å². The van der Waals surface area contributed by atoms with Crippen molar-refractivity contribution in [3.8, 4) is 66.8 Å². The second kappa shape index (κ2) is 14.9. The zero-order chi connectivity index (χ0) is 41.0. The molecular formula is C62H40. The lowest BCUT2D eigenvalue weighted by Crippen LogP contribution is -1.93. The van der Waals surface area contributed by atoms with Crippen LogP contribution in [0.25, 0.3) is 121 Å². The minimum absolute atomic E-state index is 1.20. The minimum atomic E-state index is 1.20. The van der Waals surface area contributed by atoms with E-state index in [2.05, 4.69) is 243 Å². The van der Waals surface area contributed by atoms with E-state index in [0.29, 0.717) is 0 Å². The Morgan fingerprint density at radius 3 is 0.823 bits per heavy atom. The molecule has 0 atom stereocenters. The van der Waals surface area contributed by atoms with Crippen LogP contribution in [0.3, 0.4) is 0 Å². The van der Waals surface area contributed by atoms with Gasteiger partial charge in [-0.25, -0.2) is 0 Å². The Labute approximate surface area is 361 Å². The number of hydrogen-bond donors (Lipinski definition) is 0. The SMILES string of the molecule is c1ccc(-c2cccc(-c3ccc4c5ccccc5c5c6cc(-c7cccc(-c8ccccc8)c7-c7ccccc7)ccc6c6ccccc6c5c4c3)c2-c2ccccc2)cc1. The molecule has 0 nitrogen and oxygen atoms in total. The summed E-state index contributed by atoms with van der Waals surface area (Å²) >= 11 is 0. The first-order valence-corrected chi connectivity index (χ1v) is 21.5. The summed E-state index contributed by atoms with van der Waals surface area (Å²) in [6.07, 6.45) is 0. The van der Waals surface area contributed by atoms with E-state index in [4.69, 9.17) is 0 Å². The Kier molecular flexibility index (Phi) is 8.61. The molecule has 0 saturated heterocycles. The average molecular weight is 785 g/mol. The Morgan fingerprint density at radius 2 is 0.452 bits per heavy atom. The van der Waals surface area contributed by atoms with Crippen molar-refractivity contribution < 1.29 is 0 Å². The third-order valence-corrected chi connectivity index (χ3v) is 12.8. The Hall–Kier alpha value is -8.06. The summed E-state index contributed by atoms with van der Waals surface area (Å²) in [5.74, 6) is 0. The quantitative estimate of drug-likeness (QED) is 0.147. The normalized spacial score (nSPS) is 11.5. The van der Waals surface area contributed by atoms with Crippen molar-refractivity contribution in [3.05, 3.63) is 243 Å². The molecule has 0 unspecified atom stereocenters. The summed E-state index contributed by atoms with van der Waals surface area (Å²) in [6.45, 7) is 0. The fraction of sp³-hybridized carbons (Fsp3) is 0. The first-order valence-electron chi connectivity index (χ1n) is 21.5. The van der Waals surface area contributed by atoms with Crippen LogP contribution in [0.4, 0.5) is 0 Å². The van der Waals surface area contributed by atoms with Crippen molar-refractivity contribution in [3.63, 3.8) is 0 Å². The molecule has 0 aliphatic carbocycles. The lowest BCUT2D eigenvalue weighted by atomic mass is 9.83. The Morgan fingerprint density at radius 1 is 0.161 bits per heavy atom. The molecule has 12 rings (SSSR count). The molecule has 0 aliphatic rings. The van der Waals surface area contributed by atoms with E-state index in [1.807, 2.05) is 0 Å². The predicted molar refractivity (Wildman–Crippen MR) is 267 cm³/mol. The summed E-state index contributed by atoms with van der Waals surface area (Å²) < 4.78 is 0. The maximum atomic E-state index is 2.47. The molecule has 12 aromatic rings. The van der Waals surface area contributed by atoms with Crippen molar-refractivity contribution >= 4 is 53.9 Å². The number of fused-ring (bicyclic) bond motifs is 11. The molecule has 0 heteroatoms. The van der Waals surface area contributed by atoms with Gasteiger partial charge in [0.25, 0.3) is 0 Å². The molecule has 0 amide bonds. The van der Waals surface area contributed by atoms with Gasteiger partial charge in [0.05, 0.1) is 0 Å². The van der Waals surface area contributed by atoms with Crippen molar-refractivity contribution in [1.29, 1.82) is 0 Å². The van der Waals surface area contributed by atoms with E-state index in [0.717, 1.165) is 0 Å². The van der Waals surface area contributed by atoms with Gasteiger partial charge in [0, 0.05) is 0 Å². The van der Waals surface area contributed by atoms with Crippen LogP contribution in [-0.2, 0) is 0 Å². The molecule has 0 spiro atoms. The van der Waals surface area contributed by atoms with Crippen LogP contribution in [-0.4, -0.2) is 0 Å². The molecule has 0 radical (unpaired) electrons. The van der Waals surface area contributed by atoms with E-state index < -0.39 is 0 Å². The van der Waals surface area contributed by atoms with Crippen molar-refractivity contribution in [2.45, 2.75) is 0 Å². The first kappa shape index (κ1) is 35.8. The van der Waals surface area contributed by atoms with Gasteiger partial charge in [-0.05, 0) is 133 Å². The molecule has 0 fully saturated rings. The van der Waals surface area contributed by atoms with Crippen LogP contribution in [0.1, 0.15) is 0 Å². The molecule has 0 bridgehead atoms. The fourth-order valence-electron chi connectivity index (χ4n) is 10.1. The zero-order valence-electron chi connectivity index (χ0n) is 34.1. The topological polar surface area (TPSA) is 0 Å². The van der Waals surface area contributed by atoms with Crippen LogP contribution in [0.15, 0.2) is 243 Å². The van der Waals surface area contributed by atoms with Crippen LogP contribution >= 0.6 is 0 Å². The van der Waals surface area contributed by atoms with Gasteiger partial charge in [0.15, 0.2) is 0 Å². The third-order valence-electron chi connectivity index (χ3n) is 12.8. The molecule has 0 heterocycles. The van der Waals surface area contributed by atoms with Crippen LogP contribution in [0.5, 0.6) is 0 Å². The number of rotatable bonds is 6. The zero-order valence-corrected chi connectivity index (χ0v) is 34.1. The maximum absolute atomic E-state index is 2.47. The standard InChI is InChI=1S/C62H40/c1-5-19-41(20-6-1)47-31-17-33-49(59(47)43-23-9-3-10-24-43)45-35-37-53-51-27-13-16-30-56(51)62-58-40-46(36-38-54(58)52-28-14-15-29-55(52)61(62)57(53)39-45)50-34-18-32-48(42-21-7-2-8-22-42)60(50)44-25-11-4-12-26-44/h1-40H. The highest BCUT2D eigenvalue weighted by molar-refractivity contribution is 6.40. The van der Waals surface area contributed by atoms with Gasteiger partial charge in [-0.2, -0.15) is 0 Å². The van der Waals surface area contributed by atoms with Crippen LogP contribution < -0.4 is 0 Å². The fourth-order valence-corrected chi connectivity index (χ4v) is 10.1. The Bertz CT molecular complexity index is 3400. The maximum Gasteiger partial charge on any atom is -0.00137 e. The predicted octanol–water partition coefficient (Wildman–Crippen LogP) is 17.5. The average Bonchev–Trinajstić information content (AvgIpc) is 3.36. The first-order chi connectivity index (χ1) is 30.8. The van der Waals surface area contributed by atoms with Crippen LogP contribution in [0.2, 0.25) is 0 Å². The molecule has 0 N–H and O–H groups in total. The smallest absolute Gasteiger partial charge is 0.00137 e.